The zero-order valence-corrected chi connectivity index (χ0v) is 10.7. The molecule has 1 aromatic heterocycles. The number of rotatable bonds is 4. The van der Waals surface area contributed by atoms with Gasteiger partial charge in [0.15, 0.2) is 0 Å². The van der Waals surface area contributed by atoms with Crippen LogP contribution < -0.4 is 5.32 Å². The van der Waals surface area contributed by atoms with E-state index in [1.807, 2.05) is 31.2 Å². The van der Waals surface area contributed by atoms with Crippen LogP contribution >= 0.6 is 12.4 Å². The molecule has 0 amide bonds. The van der Waals surface area contributed by atoms with Crippen molar-refractivity contribution >= 4 is 12.4 Å². The van der Waals surface area contributed by atoms with Crippen molar-refractivity contribution in [3.05, 3.63) is 65.5 Å². The molecule has 0 saturated carbocycles. The van der Waals surface area contributed by atoms with E-state index in [0.29, 0.717) is 0 Å². The number of nitrogens with one attached hydrogen (secondary N) is 1. The first kappa shape index (κ1) is 13.7. The number of hydrogen-bond donors (Lipinski definition) is 1. The summed E-state index contributed by atoms with van der Waals surface area (Å²) in [6, 6.07) is 16.5. The molecule has 90 valence electrons. The van der Waals surface area contributed by atoms with Gasteiger partial charge in [0.25, 0.3) is 0 Å². The lowest BCUT2D eigenvalue weighted by atomic mass is 10.2. The molecule has 0 atom stereocenters. The van der Waals surface area contributed by atoms with Gasteiger partial charge >= 0.3 is 0 Å². The normalized spacial score (nSPS) is 9.71. The summed E-state index contributed by atoms with van der Waals surface area (Å²) < 4.78 is 0. The largest absolute Gasteiger partial charge is 0.307 e. The summed E-state index contributed by atoms with van der Waals surface area (Å²) >= 11 is 0. The molecule has 3 heteroatoms. The van der Waals surface area contributed by atoms with E-state index in [2.05, 4.69) is 34.6 Å². The van der Waals surface area contributed by atoms with Crippen LogP contribution in [0.25, 0.3) is 0 Å². The van der Waals surface area contributed by atoms with Crippen LogP contribution in [0.5, 0.6) is 0 Å². The summed E-state index contributed by atoms with van der Waals surface area (Å²) in [5.41, 5.74) is 3.46. The van der Waals surface area contributed by atoms with Crippen molar-refractivity contribution in [1.29, 1.82) is 0 Å². The van der Waals surface area contributed by atoms with Crippen LogP contribution in [0.15, 0.2) is 48.5 Å². The van der Waals surface area contributed by atoms with Crippen molar-refractivity contribution in [2.45, 2.75) is 20.0 Å². The molecule has 0 saturated heterocycles. The summed E-state index contributed by atoms with van der Waals surface area (Å²) in [7, 11) is 0. The molecule has 2 rings (SSSR count). The first-order valence-corrected chi connectivity index (χ1v) is 5.52. The molecule has 0 aliphatic rings. The van der Waals surface area contributed by atoms with Crippen LogP contribution in [-0.4, -0.2) is 4.98 Å². The minimum absolute atomic E-state index is 0. The lowest BCUT2D eigenvalue weighted by Gasteiger charge is -2.04. The number of nitrogens with zero attached hydrogens (tertiary/aromatic N) is 1. The Balaban J connectivity index is 0.00000144. The van der Waals surface area contributed by atoms with Crippen LogP contribution in [0, 0.1) is 6.92 Å². The number of pyridine rings is 1. The van der Waals surface area contributed by atoms with E-state index in [1.54, 1.807) is 0 Å². The predicted octanol–water partition coefficient (Wildman–Crippen LogP) is 3.10. The van der Waals surface area contributed by atoms with Crippen LogP contribution in [0.1, 0.15) is 17.0 Å². The first-order chi connectivity index (χ1) is 7.84. The molecule has 2 aromatic rings. The van der Waals surface area contributed by atoms with Gasteiger partial charge in [-0.2, -0.15) is 0 Å². The maximum atomic E-state index is 4.44. The van der Waals surface area contributed by atoms with Gasteiger partial charge in [-0.25, -0.2) is 0 Å². The van der Waals surface area contributed by atoms with Gasteiger partial charge in [0.05, 0.1) is 5.69 Å². The Kier molecular flexibility index (Phi) is 5.67. The third-order valence-corrected chi connectivity index (χ3v) is 2.42. The highest BCUT2D eigenvalue weighted by molar-refractivity contribution is 5.85. The van der Waals surface area contributed by atoms with Gasteiger partial charge in [0.2, 0.25) is 0 Å². The lowest BCUT2D eigenvalue weighted by molar-refractivity contribution is 0.678. The molecule has 1 heterocycles. The van der Waals surface area contributed by atoms with E-state index in [4.69, 9.17) is 0 Å². The Morgan fingerprint density at radius 2 is 1.71 bits per heavy atom. The highest BCUT2D eigenvalue weighted by Crippen LogP contribution is 2.00. The molecule has 0 spiro atoms. The maximum absolute atomic E-state index is 4.44. The second kappa shape index (κ2) is 7.05. The number of aryl methyl sites for hydroxylation is 1. The van der Waals surface area contributed by atoms with Gasteiger partial charge < -0.3 is 5.32 Å². The minimum Gasteiger partial charge on any atom is -0.307 e. The van der Waals surface area contributed by atoms with Crippen molar-refractivity contribution in [3.8, 4) is 0 Å². The molecule has 0 radical (unpaired) electrons. The van der Waals surface area contributed by atoms with Crippen molar-refractivity contribution in [2.24, 2.45) is 0 Å². The number of hydrogen-bond acceptors (Lipinski definition) is 2. The van der Waals surface area contributed by atoms with Crippen LogP contribution in [0.4, 0.5) is 0 Å². The molecule has 0 fully saturated rings. The van der Waals surface area contributed by atoms with Gasteiger partial charge in [0.1, 0.15) is 0 Å². The average molecular weight is 249 g/mol. The highest BCUT2D eigenvalue weighted by Gasteiger charge is 1.95. The van der Waals surface area contributed by atoms with Crippen molar-refractivity contribution in [2.75, 3.05) is 0 Å². The fourth-order valence-electron chi connectivity index (χ4n) is 1.63. The monoisotopic (exact) mass is 248 g/mol. The predicted molar refractivity (Wildman–Crippen MR) is 73.2 cm³/mol. The van der Waals surface area contributed by atoms with Crippen molar-refractivity contribution < 1.29 is 0 Å². The van der Waals surface area contributed by atoms with E-state index >= 15 is 0 Å². The molecular weight excluding hydrogens is 232 g/mol. The molecular formula is C14H17ClN2. The molecule has 1 N–H and O–H groups in total. The molecule has 2 nitrogen and oxygen atoms in total. The smallest absolute Gasteiger partial charge is 0.0544 e. The molecule has 1 aromatic carbocycles. The maximum Gasteiger partial charge on any atom is 0.0544 e. The van der Waals surface area contributed by atoms with Gasteiger partial charge in [-0.3, -0.25) is 4.98 Å². The standard InChI is InChI=1S/C14H16N2.ClH/c1-12-6-5-9-14(16-12)11-15-10-13-7-3-2-4-8-13;/h2-9,15H,10-11H2,1H3;1H. The minimum atomic E-state index is 0. The Morgan fingerprint density at radius 3 is 2.41 bits per heavy atom. The van der Waals surface area contributed by atoms with E-state index in [1.165, 1.54) is 5.56 Å². The van der Waals surface area contributed by atoms with E-state index in [9.17, 15) is 0 Å². The summed E-state index contributed by atoms with van der Waals surface area (Å²) in [6.07, 6.45) is 0. The second-order valence-corrected chi connectivity index (χ2v) is 3.86. The summed E-state index contributed by atoms with van der Waals surface area (Å²) in [4.78, 5) is 4.44. The van der Waals surface area contributed by atoms with Crippen molar-refractivity contribution in [1.82, 2.24) is 10.3 Å². The average Bonchev–Trinajstić information content (AvgIpc) is 2.30. The van der Waals surface area contributed by atoms with Crippen LogP contribution in [-0.2, 0) is 13.1 Å². The van der Waals surface area contributed by atoms with Gasteiger partial charge in [-0.05, 0) is 24.6 Å². The van der Waals surface area contributed by atoms with E-state index in [0.717, 1.165) is 24.5 Å². The number of halogens is 1. The van der Waals surface area contributed by atoms with Gasteiger partial charge in [-0.1, -0.05) is 36.4 Å². The Bertz CT molecular complexity index is 443. The fourth-order valence-corrected chi connectivity index (χ4v) is 1.63. The Labute approximate surface area is 109 Å². The molecule has 0 aliphatic heterocycles. The molecule has 17 heavy (non-hydrogen) atoms. The first-order valence-electron chi connectivity index (χ1n) is 5.52. The topological polar surface area (TPSA) is 24.9 Å². The second-order valence-electron chi connectivity index (χ2n) is 3.86. The van der Waals surface area contributed by atoms with E-state index in [-0.39, 0.29) is 12.4 Å². The molecule has 0 aliphatic carbocycles. The Morgan fingerprint density at radius 1 is 0.941 bits per heavy atom. The SMILES string of the molecule is Cc1cccc(CNCc2ccccc2)n1.Cl. The lowest BCUT2D eigenvalue weighted by Crippen LogP contribution is -2.13. The third kappa shape index (κ3) is 4.55. The van der Waals surface area contributed by atoms with Gasteiger partial charge in [-0.15, -0.1) is 12.4 Å². The summed E-state index contributed by atoms with van der Waals surface area (Å²) in [5, 5.41) is 3.38. The summed E-state index contributed by atoms with van der Waals surface area (Å²) in [5.74, 6) is 0. The zero-order chi connectivity index (χ0) is 11.2. The summed E-state index contributed by atoms with van der Waals surface area (Å²) in [6.45, 7) is 3.72. The fraction of sp³-hybridized carbons (Fsp3) is 0.214. The highest BCUT2D eigenvalue weighted by atomic mass is 35.5. The van der Waals surface area contributed by atoms with E-state index < -0.39 is 0 Å². The van der Waals surface area contributed by atoms with Crippen LogP contribution in [0.3, 0.4) is 0 Å². The third-order valence-electron chi connectivity index (χ3n) is 2.42. The Hall–Kier alpha value is -1.38. The quantitative estimate of drug-likeness (QED) is 0.900. The van der Waals surface area contributed by atoms with Gasteiger partial charge in [0, 0.05) is 18.8 Å². The number of benzene rings is 1. The number of aromatic nitrogens is 1. The zero-order valence-electron chi connectivity index (χ0n) is 9.89. The molecule has 0 bridgehead atoms. The molecule has 0 unspecified atom stereocenters. The van der Waals surface area contributed by atoms with Crippen molar-refractivity contribution in [3.63, 3.8) is 0 Å². The van der Waals surface area contributed by atoms with Crippen LogP contribution in [0.2, 0.25) is 0 Å².